The molecule has 0 bridgehead atoms. The monoisotopic (exact) mass is 320 g/mol. The third-order valence-electron chi connectivity index (χ3n) is 4.00. The summed E-state index contributed by atoms with van der Waals surface area (Å²) in [6.07, 6.45) is 9.53. The second kappa shape index (κ2) is 14.1. The minimum absolute atomic E-state index is 0.537. The van der Waals surface area contributed by atoms with Gasteiger partial charge in [-0.3, -0.25) is 4.79 Å². The molecule has 0 unspecified atom stereocenters. The fourth-order valence-corrected chi connectivity index (χ4v) is 2.72. The van der Waals surface area contributed by atoms with Gasteiger partial charge in [0, 0.05) is 13.1 Å². The van der Waals surface area contributed by atoms with Crippen LogP contribution >= 0.6 is 0 Å². The van der Waals surface area contributed by atoms with Gasteiger partial charge < -0.3 is 10.2 Å². The molecule has 132 valence electrons. The molecule has 0 saturated carbocycles. The highest BCUT2D eigenvalue weighted by Crippen LogP contribution is 2.28. The van der Waals surface area contributed by atoms with Crippen molar-refractivity contribution in [3.8, 4) is 0 Å². The number of unbranched alkanes of at least 4 members (excludes halogenated alkanes) is 2. The van der Waals surface area contributed by atoms with E-state index >= 15 is 0 Å². The van der Waals surface area contributed by atoms with Crippen LogP contribution in [0.4, 0.5) is 11.4 Å². The molecule has 0 aromatic heterocycles. The number of carbonyl (C=O) groups is 1. The van der Waals surface area contributed by atoms with Crippen LogP contribution in [0.15, 0.2) is 24.3 Å². The number of benzene rings is 1. The zero-order valence-corrected chi connectivity index (χ0v) is 15.8. The first-order valence-corrected chi connectivity index (χ1v) is 9.18. The molecule has 0 spiro atoms. The zero-order valence-electron chi connectivity index (χ0n) is 15.8. The lowest BCUT2D eigenvalue weighted by molar-refractivity contribution is -0.105. The van der Waals surface area contributed by atoms with Crippen LogP contribution in [0.5, 0.6) is 0 Å². The Hall–Kier alpha value is -1.51. The average molecular weight is 321 g/mol. The molecule has 0 fully saturated rings. The number of rotatable bonds is 10. The number of anilines is 2. The number of carbonyl (C=O) groups excluding carboxylic acids is 1. The Morgan fingerprint density at radius 1 is 1.00 bits per heavy atom. The van der Waals surface area contributed by atoms with Gasteiger partial charge in [0.1, 0.15) is 0 Å². The minimum Gasteiger partial charge on any atom is -0.370 e. The smallest absolute Gasteiger partial charge is 0.211 e. The summed E-state index contributed by atoms with van der Waals surface area (Å²) in [5.74, 6) is 0. The Morgan fingerprint density at radius 2 is 1.57 bits per heavy atom. The molecule has 3 heteroatoms. The van der Waals surface area contributed by atoms with Crippen LogP contribution in [0.3, 0.4) is 0 Å². The van der Waals surface area contributed by atoms with Crippen LogP contribution in [0.25, 0.3) is 0 Å². The number of para-hydroxylation sites is 2. The highest BCUT2D eigenvalue weighted by Gasteiger charge is 2.15. The normalized spacial score (nSPS) is 10.0. The molecule has 1 aromatic carbocycles. The molecule has 1 rings (SSSR count). The Labute approximate surface area is 143 Å². The Kier molecular flexibility index (Phi) is 13.2. The number of hydrogen-bond donors (Lipinski definition) is 1. The summed E-state index contributed by atoms with van der Waals surface area (Å²) in [6.45, 7) is 8.85. The summed E-state index contributed by atoms with van der Waals surface area (Å²) in [5.41, 5.74) is 1.98. The highest BCUT2D eigenvalue weighted by atomic mass is 16.1. The molecule has 23 heavy (non-hydrogen) atoms. The number of nitrogens with one attached hydrogen (secondary N) is 1. The molecule has 0 aliphatic rings. The fourth-order valence-electron chi connectivity index (χ4n) is 2.72. The SMILES string of the molecule is CCCC(CCC)N(C)c1ccccc1NC=O.CCCCC. The van der Waals surface area contributed by atoms with E-state index in [1.807, 2.05) is 18.2 Å². The Balaban J connectivity index is 0.000000841. The van der Waals surface area contributed by atoms with Crippen LogP contribution in [-0.2, 0) is 4.79 Å². The lowest BCUT2D eigenvalue weighted by atomic mass is 10.0. The third-order valence-corrected chi connectivity index (χ3v) is 4.00. The average Bonchev–Trinajstić information content (AvgIpc) is 2.56. The predicted octanol–water partition coefficient (Wildman–Crippen LogP) is 5.86. The van der Waals surface area contributed by atoms with Crippen LogP contribution in [0.2, 0.25) is 0 Å². The van der Waals surface area contributed by atoms with Crippen LogP contribution in [0.1, 0.15) is 72.6 Å². The summed E-state index contributed by atoms with van der Waals surface area (Å²) in [5, 5.41) is 2.77. The van der Waals surface area contributed by atoms with Crippen molar-refractivity contribution in [1.82, 2.24) is 0 Å². The van der Waals surface area contributed by atoms with Crippen molar-refractivity contribution in [3.05, 3.63) is 24.3 Å². The van der Waals surface area contributed by atoms with Gasteiger partial charge in [0.25, 0.3) is 0 Å². The van der Waals surface area contributed by atoms with E-state index in [1.54, 1.807) is 0 Å². The van der Waals surface area contributed by atoms with E-state index in [4.69, 9.17) is 0 Å². The molecule has 0 saturated heterocycles. The van der Waals surface area contributed by atoms with Crippen LogP contribution in [0, 0.1) is 0 Å². The number of hydrogen-bond acceptors (Lipinski definition) is 2. The molecule has 0 aliphatic carbocycles. The summed E-state index contributed by atoms with van der Waals surface area (Å²) >= 11 is 0. The van der Waals surface area contributed by atoms with Crippen molar-refractivity contribution in [3.63, 3.8) is 0 Å². The molecular weight excluding hydrogens is 284 g/mol. The lowest BCUT2D eigenvalue weighted by Gasteiger charge is -2.31. The quantitative estimate of drug-likeness (QED) is 0.548. The molecular formula is C20H36N2O. The second-order valence-electron chi connectivity index (χ2n) is 5.97. The van der Waals surface area contributed by atoms with Gasteiger partial charge in [0.15, 0.2) is 0 Å². The van der Waals surface area contributed by atoms with Gasteiger partial charge in [0.2, 0.25) is 6.41 Å². The van der Waals surface area contributed by atoms with Gasteiger partial charge in [-0.25, -0.2) is 0 Å². The standard InChI is InChI=1S/C15H24N2O.C5H12/c1-4-8-13(9-5-2)17(3)15-11-7-6-10-14(15)16-12-18;1-3-5-4-2/h6-7,10-13H,4-5,8-9H2,1-3H3,(H,16,18);3-5H2,1-2H3. The molecule has 1 aromatic rings. The number of amides is 1. The Bertz CT molecular complexity index is 398. The van der Waals surface area contributed by atoms with Gasteiger partial charge in [-0.05, 0) is 25.0 Å². The molecule has 3 nitrogen and oxygen atoms in total. The maximum atomic E-state index is 10.6. The van der Waals surface area contributed by atoms with Crippen molar-refractivity contribution in [2.75, 3.05) is 17.3 Å². The zero-order chi connectivity index (χ0) is 17.5. The van der Waals surface area contributed by atoms with E-state index in [-0.39, 0.29) is 0 Å². The van der Waals surface area contributed by atoms with E-state index in [9.17, 15) is 4.79 Å². The maximum absolute atomic E-state index is 10.6. The van der Waals surface area contributed by atoms with E-state index < -0.39 is 0 Å². The minimum atomic E-state index is 0.537. The first-order valence-electron chi connectivity index (χ1n) is 9.18. The van der Waals surface area contributed by atoms with E-state index in [1.165, 1.54) is 44.9 Å². The van der Waals surface area contributed by atoms with Crippen molar-refractivity contribution < 1.29 is 4.79 Å². The maximum Gasteiger partial charge on any atom is 0.211 e. The van der Waals surface area contributed by atoms with Crippen molar-refractivity contribution in [2.24, 2.45) is 0 Å². The first-order chi connectivity index (χ1) is 11.2. The summed E-state index contributed by atoms with van der Waals surface area (Å²) < 4.78 is 0. The molecule has 1 N–H and O–H groups in total. The molecule has 0 aliphatic heterocycles. The largest absolute Gasteiger partial charge is 0.370 e. The van der Waals surface area contributed by atoms with Gasteiger partial charge in [0.05, 0.1) is 11.4 Å². The topological polar surface area (TPSA) is 32.3 Å². The van der Waals surface area contributed by atoms with Gasteiger partial charge in [-0.2, -0.15) is 0 Å². The van der Waals surface area contributed by atoms with E-state index in [2.05, 4.69) is 51.0 Å². The summed E-state index contributed by atoms with van der Waals surface area (Å²) in [7, 11) is 2.11. The van der Waals surface area contributed by atoms with Crippen LogP contribution < -0.4 is 10.2 Å². The fraction of sp³-hybridized carbons (Fsp3) is 0.650. The summed E-state index contributed by atoms with van der Waals surface area (Å²) in [6, 6.07) is 8.49. The van der Waals surface area contributed by atoms with Gasteiger partial charge in [-0.15, -0.1) is 0 Å². The van der Waals surface area contributed by atoms with Crippen molar-refractivity contribution in [1.29, 1.82) is 0 Å². The molecule has 0 atom stereocenters. The summed E-state index contributed by atoms with van der Waals surface area (Å²) in [4.78, 5) is 12.9. The van der Waals surface area contributed by atoms with E-state index in [0.29, 0.717) is 6.04 Å². The van der Waals surface area contributed by atoms with Crippen LogP contribution in [-0.4, -0.2) is 19.5 Å². The highest BCUT2D eigenvalue weighted by molar-refractivity contribution is 5.81. The molecule has 1 amide bonds. The molecule has 0 radical (unpaired) electrons. The predicted molar refractivity (Wildman–Crippen MR) is 103 cm³/mol. The number of nitrogens with zero attached hydrogens (tertiary/aromatic N) is 1. The van der Waals surface area contributed by atoms with E-state index in [0.717, 1.165) is 17.8 Å². The first kappa shape index (κ1) is 21.5. The third kappa shape index (κ3) is 8.63. The second-order valence-corrected chi connectivity index (χ2v) is 5.97. The molecule has 0 heterocycles. The van der Waals surface area contributed by atoms with Gasteiger partial charge >= 0.3 is 0 Å². The van der Waals surface area contributed by atoms with Gasteiger partial charge in [-0.1, -0.05) is 71.9 Å². The lowest BCUT2D eigenvalue weighted by Crippen LogP contribution is -2.32. The Morgan fingerprint density at radius 3 is 2.00 bits per heavy atom. The van der Waals surface area contributed by atoms with Crippen molar-refractivity contribution >= 4 is 17.8 Å². The van der Waals surface area contributed by atoms with Crippen molar-refractivity contribution in [2.45, 2.75) is 78.7 Å².